The minimum absolute atomic E-state index is 0.238. The molecule has 3 aromatic rings. The third kappa shape index (κ3) is 4.22. The monoisotopic (exact) mass is 425 g/mol. The van der Waals surface area contributed by atoms with Crippen LogP contribution in [0.3, 0.4) is 0 Å². The van der Waals surface area contributed by atoms with Crippen LogP contribution >= 0.6 is 0 Å². The molecule has 0 bridgehead atoms. The second-order valence-corrected chi connectivity index (χ2v) is 8.67. The first-order valence-electron chi connectivity index (χ1n) is 10.8. The molecule has 5 rings (SSSR count). The fourth-order valence-corrected chi connectivity index (χ4v) is 4.05. The second kappa shape index (κ2) is 8.09. The van der Waals surface area contributed by atoms with Gasteiger partial charge < -0.3 is 19.4 Å². The lowest BCUT2D eigenvalue weighted by Crippen LogP contribution is -2.47. The maximum Gasteiger partial charge on any atom is 0.167 e. The van der Waals surface area contributed by atoms with Crippen molar-refractivity contribution in [1.82, 2.24) is 19.9 Å². The first-order valence-corrected chi connectivity index (χ1v) is 10.8. The molecular formula is C23H28FN5O2. The first-order chi connectivity index (χ1) is 15.0. The second-order valence-electron chi connectivity index (χ2n) is 8.67. The molecule has 0 amide bonds. The zero-order chi connectivity index (χ0) is 21.4. The largest absolute Gasteiger partial charge is 0.484 e. The molecule has 1 saturated carbocycles. The summed E-state index contributed by atoms with van der Waals surface area (Å²) in [4.78, 5) is 16.9. The van der Waals surface area contributed by atoms with E-state index >= 15 is 0 Å². The number of nitrogens with zero attached hydrogens (tertiary/aromatic N) is 4. The zero-order valence-electron chi connectivity index (χ0n) is 18.0. The maximum absolute atomic E-state index is 14.5. The normalized spacial score (nSPS) is 18.5. The number of rotatable bonds is 7. The number of piperazine rings is 1. The summed E-state index contributed by atoms with van der Waals surface area (Å²) in [6, 6.07) is 5.30. The Morgan fingerprint density at radius 3 is 2.68 bits per heavy atom. The van der Waals surface area contributed by atoms with Gasteiger partial charge in [0.05, 0.1) is 12.3 Å². The molecular weight excluding hydrogens is 397 g/mol. The summed E-state index contributed by atoms with van der Waals surface area (Å²) in [6.45, 7) is 7.51. The van der Waals surface area contributed by atoms with Gasteiger partial charge >= 0.3 is 0 Å². The molecule has 2 aliphatic rings. The number of aromatic amines is 1. The molecule has 7 nitrogen and oxygen atoms in total. The Morgan fingerprint density at radius 2 is 1.94 bits per heavy atom. The van der Waals surface area contributed by atoms with Gasteiger partial charge in [0.15, 0.2) is 11.6 Å². The fourth-order valence-electron chi connectivity index (χ4n) is 4.05. The fraction of sp³-hybridized carbons (Fsp3) is 0.478. The van der Waals surface area contributed by atoms with Gasteiger partial charge in [0.2, 0.25) is 0 Å². The summed E-state index contributed by atoms with van der Waals surface area (Å²) in [6.07, 6.45) is 5.39. The summed E-state index contributed by atoms with van der Waals surface area (Å²) in [5, 5.41) is 0.898. The van der Waals surface area contributed by atoms with Gasteiger partial charge in [0.25, 0.3) is 0 Å². The molecule has 164 valence electrons. The van der Waals surface area contributed by atoms with E-state index in [-0.39, 0.29) is 11.4 Å². The number of halogens is 1. The van der Waals surface area contributed by atoms with Gasteiger partial charge in [-0.05, 0) is 25.8 Å². The molecule has 31 heavy (non-hydrogen) atoms. The molecule has 0 atom stereocenters. The number of methoxy groups -OCH3 is 1. The molecule has 2 fully saturated rings. The summed E-state index contributed by atoms with van der Waals surface area (Å²) in [7, 11) is 1.74. The lowest BCUT2D eigenvalue weighted by Gasteiger charge is -2.35. The molecule has 3 heterocycles. The number of anilines is 1. The van der Waals surface area contributed by atoms with Crippen molar-refractivity contribution in [3.63, 3.8) is 0 Å². The van der Waals surface area contributed by atoms with Gasteiger partial charge in [0, 0.05) is 74.6 Å². The minimum Gasteiger partial charge on any atom is -0.484 e. The van der Waals surface area contributed by atoms with E-state index in [1.165, 1.54) is 6.07 Å². The average Bonchev–Trinajstić information content (AvgIpc) is 3.37. The quantitative estimate of drug-likeness (QED) is 0.625. The van der Waals surface area contributed by atoms with Crippen LogP contribution < -0.4 is 9.64 Å². The van der Waals surface area contributed by atoms with Crippen LogP contribution in [0.2, 0.25) is 0 Å². The number of hydrogen-bond donors (Lipinski definition) is 1. The predicted molar refractivity (Wildman–Crippen MR) is 118 cm³/mol. The highest BCUT2D eigenvalue weighted by atomic mass is 19.1. The van der Waals surface area contributed by atoms with E-state index in [1.54, 1.807) is 19.5 Å². The van der Waals surface area contributed by atoms with E-state index in [0.717, 1.165) is 80.2 Å². The van der Waals surface area contributed by atoms with Crippen LogP contribution in [-0.4, -0.2) is 71.9 Å². The average molecular weight is 426 g/mol. The van der Waals surface area contributed by atoms with Gasteiger partial charge in [-0.1, -0.05) is 0 Å². The minimum atomic E-state index is -0.344. The van der Waals surface area contributed by atoms with Gasteiger partial charge in [-0.2, -0.15) is 0 Å². The molecule has 0 unspecified atom stereocenters. The molecule has 1 aromatic carbocycles. The molecule has 1 aliphatic heterocycles. The zero-order valence-corrected chi connectivity index (χ0v) is 18.0. The molecule has 8 heteroatoms. The van der Waals surface area contributed by atoms with E-state index in [4.69, 9.17) is 9.47 Å². The Balaban J connectivity index is 1.39. The van der Waals surface area contributed by atoms with E-state index in [1.807, 2.05) is 19.2 Å². The third-order valence-electron chi connectivity index (χ3n) is 6.28. The number of hydrogen-bond acceptors (Lipinski definition) is 6. The van der Waals surface area contributed by atoms with Crippen LogP contribution in [-0.2, 0) is 4.74 Å². The summed E-state index contributed by atoms with van der Waals surface area (Å²) >= 11 is 0. The van der Waals surface area contributed by atoms with Crippen molar-refractivity contribution >= 4 is 16.7 Å². The first kappa shape index (κ1) is 20.2. The number of fused-ring (bicyclic) bond motifs is 1. The van der Waals surface area contributed by atoms with Crippen molar-refractivity contribution < 1.29 is 13.9 Å². The number of ether oxygens (including phenoxy) is 2. The third-order valence-corrected chi connectivity index (χ3v) is 6.28. The molecule has 2 aromatic heterocycles. The Kier molecular flexibility index (Phi) is 5.27. The lowest BCUT2D eigenvalue weighted by molar-refractivity contribution is 0.144. The molecule has 1 saturated heterocycles. The van der Waals surface area contributed by atoms with Crippen molar-refractivity contribution in [3.05, 3.63) is 36.5 Å². The number of nitrogens with one attached hydrogen (secondary N) is 1. The van der Waals surface area contributed by atoms with Crippen LogP contribution in [0.15, 0.2) is 30.7 Å². The highest BCUT2D eigenvalue weighted by Crippen LogP contribution is 2.42. The van der Waals surface area contributed by atoms with Crippen LogP contribution in [0.4, 0.5) is 10.2 Å². The predicted octanol–water partition coefficient (Wildman–Crippen LogP) is 3.46. The van der Waals surface area contributed by atoms with Crippen molar-refractivity contribution in [3.8, 4) is 17.0 Å². The standard InChI is InChI=1S/C23H28FN5O2/c1-23(3-4-23)31-21-11-16-17(14-25-19(16)12-18(21)24)20-13-22(27-15-26-20)29-7-5-28(6-8-29)9-10-30-2/h11-15,25H,3-10H2,1-2H3. The van der Waals surface area contributed by atoms with Gasteiger partial charge in [-0.25, -0.2) is 14.4 Å². The molecule has 0 spiro atoms. The Bertz CT molecular complexity index is 1070. The Hall–Kier alpha value is -2.71. The van der Waals surface area contributed by atoms with Crippen LogP contribution in [0.5, 0.6) is 5.75 Å². The van der Waals surface area contributed by atoms with Gasteiger partial charge in [-0.15, -0.1) is 0 Å². The SMILES string of the molecule is COCCN1CCN(c2cc(-c3c[nH]c4cc(F)c(OC5(C)CC5)cc34)ncn2)CC1. The van der Waals surface area contributed by atoms with Crippen molar-refractivity contribution in [2.24, 2.45) is 0 Å². The van der Waals surface area contributed by atoms with E-state index in [0.29, 0.717) is 5.75 Å². The van der Waals surface area contributed by atoms with E-state index < -0.39 is 0 Å². The van der Waals surface area contributed by atoms with E-state index in [2.05, 4.69) is 24.8 Å². The lowest BCUT2D eigenvalue weighted by atomic mass is 10.1. The summed E-state index contributed by atoms with van der Waals surface area (Å²) in [5.41, 5.74) is 2.22. The van der Waals surface area contributed by atoms with Crippen LogP contribution in [0.1, 0.15) is 19.8 Å². The topological polar surface area (TPSA) is 66.5 Å². The van der Waals surface area contributed by atoms with Crippen molar-refractivity contribution in [1.29, 1.82) is 0 Å². The smallest absolute Gasteiger partial charge is 0.167 e. The van der Waals surface area contributed by atoms with Crippen LogP contribution in [0, 0.1) is 5.82 Å². The molecule has 1 aliphatic carbocycles. The highest BCUT2D eigenvalue weighted by Gasteiger charge is 2.40. The number of aromatic nitrogens is 3. The van der Waals surface area contributed by atoms with Crippen LogP contribution in [0.25, 0.3) is 22.2 Å². The molecule has 0 radical (unpaired) electrons. The maximum atomic E-state index is 14.5. The highest BCUT2D eigenvalue weighted by molar-refractivity contribution is 5.95. The Morgan fingerprint density at radius 1 is 1.13 bits per heavy atom. The van der Waals surface area contributed by atoms with Crippen molar-refractivity contribution in [2.75, 3.05) is 51.3 Å². The Labute approximate surface area is 181 Å². The summed E-state index contributed by atoms with van der Waals surface area (Å²) in [5.74, 6) is 0.869. The number of benzene rings is 1. The van der Waals surface area contributed by atoms with Crippen molar-refractivity contribution in [2.45, 2.75) is 25.4 Å². The summed E-state index contributed by atoms with van der Waals surface area (Å²) < 4.78 is 25.6. The molecule has 1 N–H and O–H groups in total. The van der Waals surface area contributed by atoms with E-state index in [9.17, 15) is 4.39 Å². The number of H-pyrrole nitrogens is 1. The van der Waals surface area contributed by atoms with Gasteiger partial charge in [0.1, 0.15) is 17.7 Å². The van der Waals surface area contributed by atoms with Gasteiger partial charge in [-0.3, -0.25) is 4.90 Å².